The van der Waals surface area contributed by atoms with E-state index >= 15 is 0 Å². The Kier molecular flexibility index (Phi) is 3.73. The number of hydrogen-bond acceptors (Lipinski definition) is 4. The summed E-state index contributed by atoms with van der Waals surface area (Å²) >= 11 is 5.86. The maximum absolute atomic E-state index is 12.2. The molecule has 0 spiro atoms. The van der Waals surface area contributed by atoms with E-state index in [2.05, 4.69) is 0 Å². The Morgan fingerprint density at radius 2 is 1.90 bits per heavy atom. The summed E-state index contributed by atoms with van der Waals surface area (Å²) in [4.78, 5) is 23.7. The summed E-state index contributed by atoms with van der Waals surface area (Å²) in [5, 5.41) is -0.668. The lowest BCUT2D eigenvalue weighted by atomic mass is 9.71. The van der Waals surface area contributed by atoms with Gasteiger partial charge in [-0.05, 0) is 56.0 Å². The van der Waals surface area contributed by atoms with E-state index in [0.29, 0.717) is 12.0 Å². The summed E-state index contributed by atoms with van der Waals surface area (Å²) in [6, 6.07) is 0. The van der Waals surface area contributed by atoms with Crippen LogP contribution in [0.5, 0.6) is 0 Å². The zero-order valence-corrected chi connectivity index (χ0v) is 14.1. The molecule has 0 fully saturated rings. The lowest BCUT2D eigenvalue weighted by Crippen LogP contribution is -2.50. The fourth-order valence-corrected chi connectivity index (χ4v) is 3.70. The van der Waals surface area contributed by atoms with E-state index in [-0.39, 0.29) is 11.5 Å². The van der Waals surface area contributed by atoms with Crippen molar-refractivity contribution in [2.45, 2.75) is 59.2 Å². The van der Waals surface area contributed by atoms with Crippen molar-refractivity contribution in [3.8, 4) is 0 Å². The van der Waals surface area contributed by atoms with Gasteiger partial charge in [0.15, 0.2) is 0 Å². The van der Waals surface area contributed by atoms with Crippen LogP contribution in [0.1, 0.15) is 48.0 Å². The number of rotatable bonds is 2. The quantitative estimate of drug-likeness (QED) is 0.578. The molecule has 1 aliphatic heterocycles. The van der Waals surface area contributed by atoms with Crippen LogP contribution in [0.2, 0.25) is 0 Å². The largest absolute Gasteiger partial charge is 0.487 e. The molecule has 4 nitrogen and oxygen atoms in total. The summed E-state index contributed by atoms with van der Waals surface area (Å²) in [6.45, 7) is 10.8. The Balaban J connectivity index is 2.62. The van der Waals surface area contributed by atoms with Crippen molar-refractivity contribution in [3.63, 3.8) is 0 Å². The van der Waals surface area contributed by atoms with Crippen LogP contribution in [0.4, 0.5) is 0 Å². The second-order valence-corrected chi connectivity index (χ2v) is 6.81. The standard InChI is InChI=1S/C16H21ClO4/c1-8-9(2)16(14(17)19,20-11(4)18)10(3)12-7-15(5,6)21-13(8)12/h10H,7H2,1-6H3. The van der Waals surface area contributed by atoms with Gasteiger partial charge in [-0.1, -0.05) is 6.92 Å². The van der Waals surface area contributed by atoms with Crippen LogP contribution in [-0.2, 0) is 19.1 Å². The summed E-state index contributed by atoms with van der Waals surface area (Å²) < 4.78 is 11.5. The molecule has 0 saturated heterocycles. The van der Waals surface area contributed by atoms with Crippen LogP contribution < -0.4 is 0 Å². The Morgan fingerprint density at radius 3 is 2.38 bits per heavy atom. The maximum atomic E-state index is 12.2. The fourth-order valence-electron chi connectivity index (χ4n) is 3.35. The molecular formula is C16H21ClO4. The van der Waals surface area contributed by atoms with Crippen LogP contribution in [0.15, 0.2) is 22.5 Å². The van der Waals surface area contributed by atoms with Crippen LogP contribution in [0.25, 0.3) is 0 Å². The Morgan fingerprint density at radius 1 is 1.33 bits per heavy atom. The second-order valence-electron chi connectivity index (χ2n) is 6.47. The molecule has 2 rings (SSSR count). The molecule has 0 bridgehead atoms. The first-order chi connectivity index (χ1) is 9.53. The predicted molar refractivity (Wildman–Crippen MR) is 79.7 cm³/mol. The van der Waals surface area contributed by atoms with Crippen molar-refractivity contribution < 1.29 is 19.1 Å². The lowest BCUT2D eigenvalue weighted by Gasteiger charge is -2.40. The van der Waals surface area contributed by atoms with Gasteiger partial charge < -0.3 is 9.47 Å². The van der Waals surface area contributed by atoms with E-state index in [1.54, 1.807) is 6.92 Å². The number of esters is 1. The van der Waals surface area contributed by atoms with Gasteiger partial charge in [0, 0.05) is 19.3 Å². The molecule has 0 saturated carbocycles. The first-order valence-electron chi connectivity index (χ1n) is 7.03. The minimum Gasteiger partial charge on any atom is -0.487 e. The molecular weight excluding hydrogens is 292 g/mol. The van der Waals surface area contributed by atoms with Gasteiger partial charge in [-0.2, -0.15) is 0 Å². The molecule has 1 aliphatic carbocycles. The fraction of sp³-hybridized carbons (Fsp3) is 0.625. The highest BCUT2D eigenvalue weighted by atomic mass is 35.5. The summed E-state index contributed by atoms with van der Waals surface area (Å²) in [5.74, 6) is -0.0530. The summed E-state index contributed by atoms with van der Waals surface area (Å²) in [6.07, 6.45) is 0.682. The number of allylic oxidation sites excluding steroid dienone is 1. The van der Waals surface area contributed by atoms with E-state index in [1.807, 2.05) is 27.7 Å². The first-order valence-corrected chi connectivity index (χ1v) is 7.40. The molecule has 2 atom stereocenters. The Labute approximate surface area is 130 Å². The predicted octanol–water partition coefficient (Wildman–Crippen LogP) is 3.49. The molecule has 0 aromatic heterocycles. The number of carbonyl (C=O) groups is 2. The van der Waals surface area contributed by atoms with Crippen LogP contribution in [-0.4, -0.2) is 22.4 Å². The molecule has 0 aromatic carbocycles. The third kappa shape index (κ3) is 2.30. The van der Waals surface area contributed by atoms with E-state index in [9.17, 15) is 9.59 Å². The molecule has 116 valence electrons. The van der Waals surface area contributed by atoms with Crippen LogP contribution in [0, 0.1) is 5.92 Å². The zero-order chi connectivity index (χ0) is 16.2. The third-order valence-corrected chi connectivity index (χ3v) is 4.76. The van der Waals surface area contributed by atoms with Gasteiger partial charge >= 0.3 is 5.97 Å². The molecule has 0 amide bonds. The number of ether oxygens (including phenoxy) is 2. The van der Waals surface area contributed by atoms with Gasteiger partial charge in [0.05, 0.1) is 0 Å². The summed E-state index contributed by atoms with van der Waals surface area (Å²) in [7, 11) is 0. The van der Waals surface area contributed by atoms with Crippen molar-refractivity contribution in [1.29, 1.82) is 0 Å². The smallest absolute Gasteiger partial charge is 0.304 e. The van der Waals surface area contributed by atoms with Crippen molar-refractivity contribution in [2.24, 2.45) is 5.92 Å². The third-order valence-electron chi connectivity index (χ3n) is 4.48. The van der Waals surface area contributed by atoms with Crippen molar-refractivity contribution in [1.82, 2.24) is 0 Å². The topological polar surface area (TPSA) is 52.6 Å². The molecule has 0 radical (unpaired) electrons. The minimum absolute atomic E-state index is 0.331. The summed E-state index contributed by atoms with van der Waals surface area (Å²) in [5.41, 5.74) is 0.686. The van der Waals surface area contributed by atoms with E-state index in [1.165, 1.54) is 6.92 Å². The van der Waals surface area contributed by atoms with Crippen molar-refractivity contribution in [2.75, 3.05) is 0 Å². The number of carbonyl (C=O) groups excluding carboxylic acids is 2. The van der Waals surface area contributed by atoms with Gasteiger partial charge in [0.25, 0.3) is 5.24 Å². The van der Waals surface area contributed by atoms with E-state index < -0.39 is 16.8 Å². The SMILES string of the molecule is CC(=O)OC1(C(=O)Cl)C(C)=C(C)C2=C(CC(C)(C)O2)C1C. The highest BCUT2D eigenvalue weighted by Gasteiger charge is 2.55. The van der Waals surface area contributed by atoms with Gasteiger partial charge in [-0.15, -0.1) is 0 Å². The highest BCUT2D eigenvalue weighted by Crippen LogP contribution is 2.52. The zero-order valence-electron chi connectivity index (χ0n) is 13.3. The molecule has 2 aliphatic rings. The molecule has 0 N–H and O–H groups in total. The maximum Gasteiger partial charge on any atom is 0.304 e. The van der Waals surface area contributed by atoms with Gasteiger partial charge in [-0.3, -0.25) is 9.59 Å². The lowest BCUT2D eigenvalue weighted by molar-refractivity contribution is -0.162. The van der Waals surface area contributed by atoms with Gasteiger partial charge in [0.2, 0.25) is 5.60 Å². The van der Waals surface area contributed by atoms with Gasteiger partial charge in [0.1, 0.15) is 11.4 Å². The van der Waals surface area contributed by atoms with Crippen molar-refractivity contribution in [3.05, 3.63) is 22.5 Å². The Hall–Kier alpha value is -1.29. The normalized spacial score (nSPS) is 30.9. The minimum atomic E-state index is -1.43. The van der Waals surface area contributed by atoms with E-state index in [0.717, 1.165) is 16.9 Å². The monoisotopic (exact) mass is 312 g/mol. The number of hydrogen-bond donors (Lipinski definition) is 0. The second kappa shape index (κ2) is 4.87. The molecule has 2 unspecified atom stereocenters. The Bertz CT molecular complexity index is 585. The first kappa shape index (κ1) is 16.1. The molecule has 1 heterocycles. The molecule has 5 heteroatoms. The average molecular weight is 313 g/mol. The molecule has 21 heavy (non-hydrogen) atoms. The van der Waals surface area contributed by atoms with Crippen molar-refractivity contribution >= 4 is 22.8 Å². The van der Waals surface area contributed by atoms with Crippen LogP contribution in [0.3, 0.4) is 0 Å². The number of halogens is 1. The van der Waals surface area contributed by atoms with Crippen LogP contribution >= 0.6 is 11.6 Å². The average Bonchev–Trinajstić information content (AvgIpc) is 2.67. The highest BCUT2D eigenvalue weighted by molar-refractivity contribution is 6.66. The molecule has 0 aromatic rings. The van der Waals surface area contributed by atoms with Gasteiger partial charge in [-0.25, -0.2) is 0 Å². The van der Waals surface area contributed by atoms with E-state index in [4.69, 9.17) is 21.1 Å².